The van der Waals surface area contributed by atoms with Crippen molar-refractivity contribution in [3.63, 3.8) is 0 Å². The second kappa shape index (κ2) is 7.65. The molecule has 1 atom stereocenters. The molecule has 1 aromatic heterocycles. The van der Waals surface area contributed by atoms with Gasteiger partial charge in [-0.2, -0.15) is 0 Å². The number of hydrogen-bond donors (Lipinski definition) is 2. The fraction of sp³-hybridized carbons (Fsp3) is 0.278. The van der Waals surface area contributed by atoms with Crippen LogP contribution >= 0.6 is 0 Å². The summed E-state index contributed by atoms with van der Waals surface area (Å²) in [4.78, 5) is 35.7. The van der Waals surface area contributed by atoms with Crippen LogP contribution in [-0.4, -0.2) is 40.5 Å². The van der Waals surface area contributed by atoms with Crippen LogP contribution in [0.1, 0.15) is 28.0 Å². The van der Waals surface area contributed by atoms with Gasteiger partial charge in [0.25, 0.3) is 0 Å². The first-order chi connectivity index (χ1) is 11.8. The molecule has 1 heterocycles. The van der Waals surface area contributed by atoms with Gasteiger partial charge in [-0.1, -0.05) is 30.3 Å². The van der Waals surface area contributed by atoms with Gasteiger partial charge in [-0.3, -0.25) is 9.59 Å². The van der Waals surface area contributed by atoms with Crippen molar-refractivity contribution in [1.29, 1.82) is 0 Å². The van der Waals surface area contributed by atoms with E-state index in [-0.39, 0.29) is 5.78 Å². The van der Waals surface area contributed by atoms with Crippen LogP contribution < -0.4 is 5.32 Å². The molecule has 0 saturated heterocycles. The van der Waals surface area contributed by atoms with Crippen LogP contribution in [0.5, 0.6) is 0 Å². The zero-order chi connectivity index (χ0) is 18.6. The average molecular weight is 344 g/mol. The van der Waals surface area contributed by atoms with Gasteiger partial charge in [0.1, 0.15) is 6.04 Å². The lowest BCUT2D eigenvalue weighted by Gasteiger charge is -2.16. The van der Waals surface area contributed by atoms with Crippen molar-refractivity contribution in [2.24, 2.45) is 7.05 Å². The molecule has 0 amide bonds. The lowest BCUT2D eigenvalue weighted by atomic mass is 10.0. The number of methoxy groups -OCH3 is 1. The van der Waals surface area contributed by atoms with E-state index in [4.69, 9.17) is 5.11 Å². The zero-order valence-electron chi connectivity index (χ0n) is 14.3. The third kappa shape index (κ3) is 4.06. The Hall–Kier alpha value is -3.09. The second-order valence-electron chi connectivity index (χ2n) is 5.63. The highest BCUT2D eigenvalue weighted by Crippen LogP contribution is 2.26. The fourth-order valence-corrected chi connectivity index (χ4v) is 2.55. The molecule has 132 valence electrons. The molecule has 7 nitrogen and oxygen atoms in total. The molecule has 0 aliphatic rings. The van der Waals surface area contributed by atoms with Gasteiger partial charge < -0.3 is 19.7 Å². The third-order valence-corrected chi connectivity index (χ3v) is 3.94. The van der Waals surface area contributed by atoms with E-state index in [2.05, 4.69) is 10.1 Å². The Morgan fingerprint density at radius 1 is 1.24 bits per heavy atom. The number of ketones is 1. The topological polar surface area (TPSA) is 97.6 Å². The summed E-state index contributed by atoms with van der Waals surface area (Å²) in [6.07, 6.45) is 1.20. The predicted molar refractivity (Wildman–Crippen MR) is 91.7 cm³/mol. The number of anilines is 1. The number of ether oxygens (including phenoxy) is 1. The SMILES string of the molecule is COC(=O)[C@H](CC(=O)O)Nc1cn(C)c(C)c1C(=O)c1ccccc1. The molecule has 0 aliphatic carbocycles. The lowest BCUT2D eigenvalue weighted by Crippen LogP contribution is -2.33. The monoisotopic (exact) mass is 344 g/mol. The number of nitrogens with zero attached hydrogens (tertiary/aromatic N) is 1. The molecule has 0 bridgehead atoms. The molecule has 0 spiro atoms. The van der Waals surface area contributed by atoms with Gasteiger partial charge in [-0.25, -0.2) is 4.79 Å². The Kier molecular flexibility index (Phi) is 5.59. The van der Waals surface area contributed by atoms with Crippen molar-refractivity contribution in [2.45, 2.75) is 19.4 Å². The van der Waals surface area contributed by atoms with Crippen LogP contribution in [0.25, 0.3) is 0 Å². The third-order valence-electron chi connectivity index (χ3n) is 3.94. The van der Waals surface area contributed by atoms with Crippen molar-refractivity contribution >= 4 is 23.4 Å². The summed E-state index contributed by atoms with van der Waals surface area (Å²) in [7, 11) is 2.96. The molecule has 2 N–H and O–H groups in total. The molecule has 2 aromatic rings. The first kappa shape index (κ1) is 18.3. The largest absolute Gasteiger partial charge is 0.481 e. The van der Waals surface area contributed by atoms with Crippen molar-refractivity contribution in [3.05, 3.63) is 53.3 Å². The summed E-state index contributed by atoms with van der Waals surface area (Å²) >= 11 is 0. The number of carbonyl (C=O) groups is 3. The smallest absolute Gasteiger partial charge is 0.328 e. The molecule has 0 radical (unpaired) electrons. The predicted octanol–water partition coefficient (Wildman–Crippen LogP) is 1.99. The van der Waals surface area contributed by atoms with Gasteiger partial charge in [0.15, 0.2) is 5.78 Å². The molecule has 25 heavy (non-hydrogen) atoms. The van der Waals surface area contributed by atoms with Crippen molar-refractivity contribution in [3.8, 4) is 0 Å². The maximum Gasteiger partial charge on any atom is 0.328 e. The van der Waals surface area contributed by atoms with E-state index in [1.807, 2.05) is 6.07 Å². The van der Waals surface area contributed by atoms with Crippen LogP contribution in [0.4, 0.5) is 5.69 Å². The summed E-state index contributed by atoms with van der Waals surface area (Å²) < 4.78 is 6.39. The van der Waals surface area contributed by atoms with E-state index >= 15 is 0 Å². The van der Waals surface area contributed by atoms with Crippen LogP contribution in [0, 0.1) is 6.92 Å². The lowest BCUT2D eigenvalue weighted by molar-refractivity contribution is -0.146. The van der Waals surface area contributed by atoms with Crippen molar-refractivity contribution < 1.29 is 24.2 Å². The highest BCUT2D eigenvalue weighted by Gasteiger charge is 2.27. The highest BCUT2D eigenvalue weighted by molar-refractivity contribution is 6.13. The summed E-state index contributed by atoms with van der Waals surface area (Å²) in [5, 5.41) is 11.8. The van der Waals surface area contributed by atoms with Gasteiger partial charge in [0.2, 0.25) is 0 Å². The number of rotatable bonds is 7. The minimum Gasteiger partial charge on any atom is -0.481 e. The molecule has 0 saturated carbocycles. The molecule has 0 unspecified atom stereocenters. The number of nitrogens with one attached hydrogen (secondary N) is 1. The van der Waals surface area contributed by atoms with Gasteiger partial charge in [0, 0.05) is 24.5 Å². The number of carboxylic acid groups (broad SMARTS) is 1. The highest BCUT2D eigenvalue weighted by atomic mass is 16.5. The van der Waals surface area contributed by atoms with Gasteiger partial charge in [-0.05, 0) is 6.92 Å². The van der Waals surface area contributed by atoms with Crippen LogP contribution in [0.2, 0.25) is 0 Å². The van der Waals surface area contributed by atoms with Crippen LogP contribution in [0.3, 0.4) is 0 Å². The Bertz CT molecular complexity index is 795. The fourth-order valence-electron chi connectivity index (χ4n) is 2.55. The maximum atomic E-state index is 12.9. The minimum atomic E-state index is -1.15. The first-order valence-corrected chi connectivity index (χ1v) is 7.67. The normalized spacial score (nSPS) is 11.6. The standard InChI is InChI=1S/C18H20N2O5/c1-11-16(17(23)12-7-5-4-6-8-12)14(10-20(11)2)19-13(9-15(21)22)18(24)25-3/h4-8,10,13,19H,9H2,1-3H3,(H,21,22)/t13-/m0/s1. The number of aryl methyl sites for hydroxylation is 1. The zero-order valence-corrected chi connectivity index (χ0v) is 14.3. The van der Waals surface area contributed by atoms with E-state index in [0.29, 0.717) is 22.5 Å². The molecule has 2 rings (SSSR count). The summed E-state index contributed by atoms with van der Waals surface area (Å²) in [6, 6.07) is 7.65. The minimum absolute atomic E-state index is 0.208. The Morgan fingerprint density at radius 2 is 1.88 bits per heavy atom. The molecular weight excluding hydrogens is 324 g/mol. The number of carboxylic acids is 1. The summed E-state index contributed by atoms with van der Waals surface area (Å²) in [5.41, 5.74) is 2.00. The summed E-state index contributed by atoms with van der Waals surface area (Å²) in [5.74, 6) is -2.06. The maximum absolute atomic E-state index is 12.9. The number of benzene rings is 1. The Morgan fingerprint density at radius 3 is 2.44 bits per heavy atom. The second-order valence-corrected chi connectivity index (χ2v) is 5.63. The summed E-state index contributed by atoms with van der Waals surface area (Å²) in [6.45, 7) is 1.78. The van der Waals surface area contributed by atoms with Gasteiger partial charge in [-0.15, -0.1) is 0 Å². The number of hydrogen-bond acceptors (Lipinski definition) is 5. The molecule has 0 aliphatic heterocycles. The van der Waals surface area contributed by atoms with Crippen molar-refractivity contribution in [2.75, 3.05) is 12.4 Å². The molecule has 7 heteroatoms. The quantitative estimate of drug-likeness (QED) is 0.589. The van der Waals surface area contributed by atoms with Gasteiger partial charge >= 0.3 is 11.9 Å². The molecule has 0 fully saturated rings. The average Bonchev–Trinajstić information content (AvgIpc) is 2.87. The number of carbonyl (C=O) groups excluding carboxylic acids is 2. The molecule has 1 aromatic carbocycles. The number of esters is 1. The first-order valence-electron chi connectivity index (χ1n) is 7.67. The Labute approximate surface area is 145 Å². The van der Waals surface area contributed by atoms with E-state index in [0.717, 1.165) is 0 Å². The van der Waals surface area contributed by atoms with E-state index in [9.17, 15) is 14.4 Å². The molecular formula is C18H20N2O5. The Balaban J connectivity index is 2.41. The van der Waals surface area contributed by atoms with E-state index in [1.165, 1.54) is 7.11 Å². The van der Waals surface area contributed by atoms with Crippen LogP contribution in [-0.2, 0) is 21.4 Å². The van der Waals surface area contributed by atoms with Crippen LogP contribution in [0.15, 0.2) is 36.5 Å². The van der Waals surface area contributed by atoms with Gasteiger partial charge in [0.05, 0.1) is 24.8 Å². The van der Waals surface area contributed by atoms with E-state index in [1.54, 1.807) is 49.0 Å². The van der Waals surface area contributed by atoms with E-state index < -0.39 is 24.4 Å². The van der Waals surface area contributed by atoms with Crippen molar-refractivity contribution in [1.82, 2.24) is 4.57 Å². The number of aliphatic carboxylic acids is 1. The number of aromatic nitrogens is 1.